The van der Waals surface area contributed by atoms with Crippen LogP contribution in [0.4, 0.5) is 4.79 Å². The number of nitrogens with one attached hydrogen (secondary N) is 2. The van der Waals surface area contributed by atoms with Crippen molar-refractivity contribution in [2.75, 3.05) is 6.54 Å². The van der Waals surface area contributed by atoms with Crippen LogP contribution in [-0.2, 0) is 9.53 Å². The maximum Gasteiger partial charge on any atom is 0.422 e. The molecule has 0 aliphatic carbocycles. The fraction of sp³-hybridized carbons (Fsp3) is 0.800. The van der Waals surface area contributed by atoms with E-state index in [4.69, 9.17) is 4.74 Å². The van der Waals surface area contributed by atoms with Gasteiger partial charge < -0.3 is 9.53 Å². The maximum absolute atomic E-state index is 11.1. The Morgan fingerprint density at radius 3 is 2.53 bits per heavy atom. The Balaban J connectivity index is 3.59. The van der Waals surface area contributed by atoms with Crippen molar-refractivity contribution in [1.29, 1.82) is 0 Å². The summed E-state index contributed by atoms with van der Waals surface area (Å²) in [4.78, 5) is 21.3. The summed E-state index contributed by atoms with van der Waals surface area (Å²) in [5, 5.41) is 0. The second-order valence-corrected chi connectivity index (χ2v) is 4.52. The Hall–Kier alpha value is -1.10. The quantitative estimate of drug-likeness (QED) is 0.536. The van der Waals surface area contributed by atoms with Crippen LogP contribution in [-0.4, -0.2) is 24.5 Å². The predicted molar refractivity (Wildman–Crippen MR) is 57.2 cm³/mol. The Morgan fingerprint density at radius 2 is 2.07 bits per heavy atom. The van der Waals surface area contributed by atoms with Crippen LogP contribution in [0.1, 0.15) is 34.1 Å². The van der Waals surface area contributed by atoms with Crippen LogP contribution in [0.3, 0.4) is 0 Å². The Labute approximate surface area is 90.5 Å². The number of hydrogen-bond acceptors (Lipinski definition) is 4. The molecule has 88 valence electrons. The van der Waals surface area contributed by atoms with Gasteiger partial charge in [-0.05, 0) is 26.7 Å². The molecule has 0 spiro atoms. The lowest BCUT2D eigenvalue weighted by atomic mass is 10.1. The lowest BCUT2D eigenvalue weighted by molar-refractivity contribution is -0.108. The van der Waals surface area contributed by atoms with Crippen LogP contribution in [0, 0.1) is 5.92 Å². The van der Waals surface area contributed by atoms with Crippen LogP contribution in [0.2, 0.25) is 0 Å². The zero-order chi connectivity index (χ0) is 11.9. The van der Waals surface area contributed by atoms with Crippen molar-refractivity contribution < 1.29 is 14.3 Å². The smallest absolute Gasteiger partial charge is 0.422 e. The molecule has 1 atom stereocenters. The molecule has 2 N–H and O–H groups in total. The van der Waals surface area contributed by atoms with Crippen molar-refractivity contribution in [3.05, 3.63) is 0 Å². The summed E-state index contributed by atoms with van der Waals surface area (Å²) in [5.41, 5.74) is 4.61. The third-order valence-corrected chi connectivity index (χ3v) is 1.54. The number of amides is 1. The van der Waals surface area contributed by atoms with Gasteiger partial charge in [-0.2, -0.15) is 0 Å². The van der Waals surface area contributed by atoms with Gasteiger partial charge in [0.15, 0.2) is 0 Å². The van der Waals surface area contributed by atoms with Gasteiger partial charge >= 0.3 is 6.09 Å². The molecule has 0 heterocycles. The molecule has 0 aromatic carbocycles. The highest BCUT2D eigenvalue weighted by Gasteiger charge is 2.15. The number of carbonyl (C=O) groups excluding carboxylic acids is 2. The molecule has 0 aliphatic rings. The average molecular weight is 216 g/mol. The number of hydrazine groups is 1. The van der Waals surface area contributed by atoms with Crippen molar-refractivity contribution in [1.82, 2.24) is 10.9 Å². The van der Waals surface area contributed by atoms with Crippen molar-refractivity contribution in [2.24, 2.45) is 5.92 Å². The molecule has 0 bridgehead atoms. The molecule has 5 nitrogen and oxygen atoms in total. The van der Waals surface area contributed by atoms with Gasteiger partial charge in [0.2, 0.25) is 0 Å². The van der Waals surface area contributed by atoms with Gasteiger partial charge in [-0.15, -0.1) is 0 Å². The van der Waals surface area contributed by atoms with Crippen LogP contribution in [0.5, 0.6) is 0 Å². The molecule has 0 aliphatic heterocycles. The molecule has 5 heteroatoms. The minimum atomic E-state index is -0.513. The summed E-state index contributed by atoms with van der Waals surface area (Å²) < 4.78 is 5.00. The molecule has 1 unspecified atom stereocenters. The molecule has 0 aromatic heterocycles. The van der Waals surface area contributed by atoms with Crippen LogP contribution in [0.25, 0.3) is 0 Å². The number of aldehydes is 1. The predicted octanol–water partition coefficient (Wildman–Crippen LogP) is 1.24. The summed E-state index contributed by atoms with van der Waals surface area (Å²) >= 11 is 0. The van der Waals surface area contributed by atoms with E-state index in [9.17, 15) is 9.59 Å². The number of rotatable bonds is 5. The number of ether oxygens (including phenoxy) is 1. The molecular weight excluding hydrogens is 196 g/mol. The molecule has 0 aromatic rings. The summed E-state index contributed by atoms with van der Waals surface area (Å²) in [6, 6.07) is 0. The molecule has 0 fully saturated rings. The third-order valence-electron chi connectivity index (χ3n) is 1.54. The largest absolute Gasteiger partial charge is 0.443 e. The van der Waals surface area contributed by atoms with E-state index in [1.807, 2.05) is 6.92 Å². The van der Waals surface area contributed by atoms with Gasteiger partial charge in [0.1, 0.15) is 11.9 Å². The molecule has 1 amide bonds. The number of hydrogen-bond donors (Lipinski definition) is 2. The average Bonchev–Trinajstić information content (AvgIpc) is 2.00. The van der Waals surface area contributed by atoms with E-state index in [0.717, 1.165) is 6.29 Å². The van der Waals surface area contributed by atoms with E-state index < -0.39 is 11.7 Å². The zero-order valence-corrected chi connectivity index (χ0v) is 9.79. The third kappa shape index (κ3) is 9.21. The van der Waals surface area contributed by atoms with E-state index >= 15 is 0 Å². The molecule has 15 heavy (non-hydrogen) atoms. The van der Waals surface area contributed by atoms with E-state index in [2.05, 4.69) is 10.9 Å². The second kappa shape index (κ2) is 6.40. The van der Waals surface area contributed by atoms with E-state index in [1.54, 1.807) is 20.8 Å². The van der Waals surface area contributed by atoms with Crippen LogP contribution in [0.15, 0.2) is 0 Å². The first-order valence-electron chi connectivity index (χ1n) is 5.00. The lowest BCUT2D eigenvalue weighted by Gasteiger charge is -2.20. The Morgan fingerprint density at radius 1 is 1.47 bits per heavy atom. The van der Waals surface area contributed by atoms with Crippen molar-refractivity contribution >= 4 is 12.4 Å². The van der Waals surface area contributed by atoms with Gasteiger partial charge in [-0.25, -0.2) is 10.2 Å². The number of carbonyl (C=O) groups is 2. The summed E-state index contributed by atoms with van der Waals surface area (Å²) in [5.74, 6) is 0.192. The first-order valence-corrected chi connectivity index (χ1v) is 5.00. The minimum Gasteiger partial charge on any atom is -0.443 e. The van der Waals surface area contributed by atoms with Crippen molar-refractivity contribution in [2.45, 2.75) is 39.7 Å². The van der Waals surface area contributed by atoms with E-state index in [1.165, 1.54) is 0 Å². The normalized spacial score (nSPS) is 13.1. The molecule has 0 rings (SSSR count). The molecular formula is C10H20N2O3. The zero-order valence-electron chi connectivity index (χ0n) is 9.79. The van der Waals surface area contributed by atoms with Gasteiger partial charge in [0.05, 0.1) is 0 Å². The Kier molecular flexibility index (Phi) is 5.93. The monoisotopic (exact) mass is 216 g/mol. The van der Waals surface area contributed by atoms with Crippen LogP contribution < -0.4 is 10.9 Å². The summed E-state index contributed by atoms with van der Waals surface area (Å²) in [7, 11) is 0. The Bertz CT molecular complexity index is 211. The van der Waals surface area contributed by atoms with E-state index in [0.29, 0.717) is 13.0 Å². The second-order valence-electron chi connectivity index (χ2n) is 4.52. The van der Waals surface area contributed by atoms with E-state index in [-0.39, 0.29) is 5.92 Å². The van der Waals surface area contributed by atoms with Gasteiger partial charge in [-0.3, -0.25) is 5.43 Å². The van der Waals surface area contributed by atoms with Crippen LogP contribution >= 0.6 is 0 Å². The SMILES string of the molecule is CC(CC=O)CNNC(=O)OC(C)(C)C. The van der Waals surface area contributed by atoms with Crippen molar-refractivity contribution in [3.8, 4) is 0 Å². The van der Waals surface area contributed by atoms with Gasteiger partial charge in [0, 0.05) is 13.0 Å². The standard InChI is InChI=1S/C10H20N2O3/c1-8(5-6-13)7-11-12-9(14)15-10(2,3)4/h6,8,11H,5,7H2,1-4H3,(H,12,14). The fourth-order valence-electron chi connectivity index (χ4n) is 0.849. The van der Waals surface area contributed by atoms with Gasteiger partial charge in [-0.1, -0.05) is 6.92 Å². The molecule has 0 radical (unpaired) electrons. The van der Waals surface area contributed by atoms with Crippen molar-refractivity contribution in [3.63, 3.8) is 0 Å². The highest BCUT2D eigenvalue weighted by molar-refractivity contribution is 5.66. The molecule has 0 saturated carbocycles. The molecule has 0 saturated heterocycles. The first-order chi connectivity index (χ1) is 6.85. The lowest BCUT2D eigenvalue weighted by Crippen LogP contribution is -2.42. The fourth-order valence-corrected chi connectivity index (χ4v) is 0.849. The highest BCUT2D eigenvalue weighted by atomic mass is 16.6. The first kappa shape index (κ1) is 13.9. The van der Waals surface area contributed by atoms with Gasteiger partial charge in [0.25, 0.3) is 0 Å². The maximum atomic E-state index is 11.1. The topological polar surface area (TPSA) is 67.4 Å². The minimum absolute atomic E-state index is 0.192. The summed E-state index contributed by atoms with van der Waals surface area (Å²) in [6.45, 7) is 7.83. The highest BCUT2D eigenvalue weighted by Crippen LogP contribution is 2.05. The summed E-state index contributed by atoms with van der Waals surface area (Å²) in [6.07, 6.45) is 0.823.